The Morgan fingerprint density at radius 1 is 0.348 bits per heavy atom. The minimum absolute atomic E-state index is 0.00116. The van der Waals surface area contributed by atoms with Crippen molar-refractivity contribution in [2.75, 3.05) is 0 Å². The number of carbonyl (C=O) groups is 4. The molecule has 0 radical (unpaired) electrons. The van der Waals surface area contributed by atoms with Crippen molar-refractivity contribution in [1.82, 2.24) is 0 Å². The summed E-state index contributed by atoms with van der Waals surface area (Å²) in [7, 11) is 0. The second-order valence-corrected chi connectivity index (χ2v) is 16.2. The maximum Gasteiger partial charge on any atom is 0.308 e. The van der Waals surface area contributed by atoms with Crippen LogP contribution in [0.15, 0.2) is 0 Å². The van der Waals surface area contributed by atoms with Crippen molar-refractivity contribution in [2.45, 2.75) is 195 Å². The Morgan fingerprint density at radius 3 is 0.717 bits per heavy atom. The molecule has 0 N–H and O–H groups in total. The van der Waals surface area contributed by atoms with Crippen LogP contribution >= 0.6 is 0 Å². The summed E-state index contributed by atoms with van der Waals surface area (Å²) >= 11 is 0. The quantitative estimate of drug-likeness (QED) is 0.189. The minimum Gasteiger partial charge on any atom is -0.459 e. The molecule has 4 fully saturated rings. The van der Waals surface area contributed by atoms with Crippen LogP contribution in [0, 0.1) is 23.7 Å². The van der Waals surface area contributed by atoms with Crippen molar-refractivity contribution in [3.8, 4) is 0 Å². The van der Waals surface area contributed by atoms with Crippen LogP contribution in [-0.4, -0.2) is 46.3 Å². The van der Waals surface area contributed by atoms with Crippen molar-refractivity contribution < 1.29 is 38.1 Å². The molecule has 4 rings (SSSR count). The Hall–Kier alpha value is -2.12. The molecule has 0 aromatic rings. The van der Waals surface area contributed by atoms with E-state index in [1.54, 1.807) is 0 Å². The molecule has 46 heavy (non-hydrogen) atoms. The van der Waals surface area contributed by atoms with Crippen LogP contribution in [0.2, 0.25) is 0 Å². The molecule has 268 valence electrons. The van der Waals surface area contributed by atoms with E-state index in [4.69, 9.17) is 18.9 Å². The van der Waals surface area contributed by atoms with Gasteiger partial charge in [0.15, 0.2) is 0 Å². The first-order valence-electron chi connectivity index (χ1n) is 18.1. The zero-order valence-electron chi connectivity index (χ0n) is 31.5. The van der Waals surface area contributed by atoms with Gasteiger partial charge in [-0.05, 0) is 111 Å². The molecule has 0 atom stereocenters. The van der Waals surface area contributed by atoms with Crippen molar-refractivity contribution >= 4 is 23.9 Å². The second-order valence-electron chi connectivity index (χ2n) is 16.2. The van der Waals surface area contributed by atoms with E-state index >= 15 is 0 Å². The molecule has 0 bridgehead atoms. The predicted molar refractivity (Wildman–Crippen MR) is 182 cm³/mol. The monoisotopic (exact) mass is 652 g/mol. The van der Waals surface area contributed by atoms with Crippen molar-refractivity contribution in [1.29, 1.82) is 0 Å². The highest BCUT2D eigenvalue weighted by Gasteiger charge is 2.42. The SMILES string of the molecule is CC(C)C(=O)OC1(C)CC1.CC(C)C(=O)OC1(C)CCC1.CC(C)C(=O)OC1(C)CCCC1.CC(C)C(=O)OC1(C)CCCCC1. The van der Waals surface area contributed by atoms with E-state index in [0.29, 0.717) is 0 Å². The van der Waals surface area contributed by atoms with Gasteiger partial charge < -0.3 is 18.9 Å². The average molecular weight is 653 g/mol. The maximum absolute atomic E-state index is 11.4. The van der Waals surface area contributed by atoms with E-state index in [2.05, 4.69) is 6.92 Å². The molecule has 8 heteroatoms. The van der Waals surface area contributed by atoms with E-state index < -0.39 is 0 Å². The van der Waals surface area contributed by atoms with Gasteiger partial charge >= 0.3 is 23.9 Å². The third-order valence-electron chi connectivity index (χ3n) is 9.21. The molecular formula is C38H68O8. The Kier molecular flexibility index (Phi) is 16.8. The van der Waals surface area contributed by atoms with Gasteiger partial charge in [-0.1, -0.05) is 61.8 Å². The zero-order chi connectivity index (χ0) is 35.3. The fourth-order valence-electron chi connectivity index (χ4n) is 5.12. The van der Waals surface area contributed by atoms with E-state index in [1.807, 2.05) is 76.2 Å². The Bertz CT molecular complexity index is 959. The first-order chi connectivity index (χ1) is 21.1. The van der Waals surface area contributed by atoms with Gasteiger partial charge in [0.25, 0.3) is 0 Å². The molecular weight excluding hydrogens is 584 g/mol. The lowest BCUT2D eigenvalue weighted by Gasteiger charge is -2.38. The number of hydrogen-bond donors (Lipinski definition) is 0. The van der Waals surface area contributed by atoms with Gasteiger partial charge in [-0.15, -0.1) is 0 Å². The standard InChI is InChI=1S/C11H20O2.C10H18O2.C9H16O2.C8H14O2/c1-9(2)10(12)13-11(3)7-5-4-6-8-11;1-8(2)9(11)12-10(3)6-4-5-7-10;1-7(2)8(10)11-9(3)5-4-6-9;1-6(2)7(9)10-8(3)4-5-8/h9H,4-8H2,1-3H3;8H,4-7H2,1-3H3;7H,4-6H2,1-3H3;6H,4-5H2,1-3H3. The summed E-state index contributed by atoms with van der Waals surface area (Å²) in [6.07, 6.45) is 15.5. The molecule has 0 saturated heterocycles. The molecule has 0 unspecified atom stereocenters. The number of esters is 4. The smallest absolute Gasteiger partial charge is 0.308 e. The van der Waals surface area contributed by atoms with Crippen molar-refractivity contribution in [3.05, 3.63) is 0 Å². The summed E-state index contributed by atoms with van der Waals surface area (Å²) in [4.78, 5) is 44.8. The largest absolute Gasteiger partial charge is 0.459 e. The number of carbonyl (C=O) groups excluding carboxylic acids is 4. The van der Waals surface area contributed by atoms with Gasteiger partial charge in [-0.3, -0.25) is 19.2 Å². The molecule has 0 aromatic carbocycles. The molecule has 4 saturated carbocycles. The zero-order valence-corrected chi connectivity index (χ0v) is 31.5. The number of hydrogen-bond acceptors (Lipinski definition) is 8. The topological polar surface area (TPSA) is 105 Å². The average Bonchev–Trinajstić information content (AvgIpc) is 3.51. The molecule has 4 aliphatic rings. The van der Waals surface area contributed by atoms with Gasteiger partial charge in [0.05, 0.1) is 23.7 Å². The number of rotatable bonds is 8. The molecule has 0 amide bonds. The molecule has 0 aromatic heterocycles. The third-order valence-corrected chi connectivity index (χ3v) is 9.21. The van der Waals surface area contributed by atoms with E-state index in [1.165, 1.54) is 38.5 Å². The minimum atomic E-state index is -0.167. The normalized spacial score (nSPS) is 21.2. The highest BCUT2D eigenvalue weighted by Crippen LogP contribution is 2.39. The molecule has 0 aliphatic heterocycles. The van der Waals surface area contributed by atoms with Crippen LogP contribution in [0.25, 0.3) is 0 Å². The number of ether oxygens (including phenoxy) is 4. The van der Waals surface area contributed by atoms with Gasteiger partial charge in [0.1, 0.15) is 22.4 Å². The van der Waals surface area contributed by atoms with Crippen LogP contribution < -0.4 is 0 Å². The molecule has 0 heterocycles. The van der Waals surface area contributed by atoms with Crippen LogP contribution in [0.1, 0.15) is 173 Å². The molecule has 0 spiro atoms. The lowest BCUT2D eigenvalue weighted by molar-refractivity contribution is -0.170. The lowest BCUT2D eigenvalue weighted by Crippen LogP contribution is -2.39. The third kappa shape index (κ3) is 16.1. The van der Waals surface area contributed by atoms with Gasteiger partial charge in [0.2, 0.25) is 0 Å². The fourth-order valence-corrected chi connectivity index (χ4v) is 5.12. The Labute approximate surface area is 280 Å². The van der Waals surface area contributed by atoms with Gasteiger partial charge in [-0.2, -0.15) is 0 Å². The first-order valence-corrected chi connectivity index (χ1v) is 18.1. The van der Waals surface area contributed by atoms with Gasteiger partial charge in [-0.25, -0.2) is 0 Å². The Morgan fingerprint density at radius 2 is 0.543 bits per heavy atom. The summed E-state index contributed by atoms with van der Waals surface area (Å²) in [6.45, 7) is 23.1. The lowest BCUT2D eigenvalue weighted by atomic mass is 9.82. The van der Waals surface area contributed by atoms with E-state index in [9.17, 15) is 19.2 Å². The summed E-state index contributed by atoms with van der Waals surface area (Å²) in [5.41, 5.74) is -0.538. The van der Waals surface area contributed by atoms with Crippen LogP contribution in [0.5, 0.6) is 0 Å². The summed E-state index contributed by atoms with van der Waals surface area (Å²) in [5, 5.41) is 0. The van der Waals surface area contributed by atoms with Crippen LogP contribution in [0.4, 0.5) is 0 Å². The summed E-state index contributed by atoms with van der Waals surface area (Å²) in [5.74, 6) is -0.220. The Balaban J connectivity index is 0.000000308. The molecule has 4 aliphatic carbocycles. The summed E-state index contributed by atoms with van der Waals surface area (Å²) < 4.78 is 21.4. The van der Waals surface area contributed by atoms with E-state index in [0.717, 1.165) is 51.4 Å². The molecule has 8 nitrogen and oxygen atoms in total. The highest BCUT2D eigenvalue weighted by atomic mass is 16.6. The predicted octanol–water partition coefficient (Wildman–Crippen LogP) is 9.29. The van der Waals surface area contributed by atoms with Crippen LogP contribution in [-0.2, 0) is 38.1 Å². The van der Waals surface area contributed by atoms with Crippen molar-refractivity contribution in [3.63, 3.8) is 0 Å². The maximum atomic E-state index is 11.4. The van der Waals surface area contributed by atoms with Gasteiger partial charge in [0, 0.05) is 0 Å². The summed E-state index contributed by atoms with van der Waals surface area (Å²) in [6, 6.07) is 0. The van der Waals surface area contributed by atoms with E-state index in [-0.39, 0.29) is 70.0 Å². The van der Waals surface area contributed by atoms with Crippen LogP contribution in [0.3, 0.4) is 0 Å². The van der Waals surface area contributed by atoms with Crippen molar-refractivity contribution in [2.24, 2.45) is 23.7 Å². The first kappa shape index (κ1) is 41.9. The second kappa shape index (κ2) is 18.4. The highest BCUT2D eigenvalue weighted by molar-refractivity contribution is 5.73. The fraction of sp³-hybridized carbons (Fsp3) is 0.895.